The Labute approximate surface area is 90.6 Å². The van der Waals surface area contributed by atoms with Crippen LogP contribution < -0.4 is 0 Å². The standard InChI is InChI=1S/C12H20P2/c1-13(2)9-11-7-5-6-8-12(11)10-14(3)4/h5-8H,9-10H2,1-4H3. The third kappa shape index (κ3) is 4.07. The summed E-state index contributed by atoms with van der Waals surface area (Å²) >= 11 is 0. The number of hydrogen-bond acceptors (Lipinski definition) is 0. The summed E-state index contributed by atoms with van der Waals surface area (Å²) in [5.41, 5.74) is 3.17. The van der Waals surface area contributed by atoms with Gasteiger partial charge in [-0.05, 0) is 50.1 Å². The van der Waals surface area contributed by atoms with Crippen molar-refractivity contribution >= 4 is 15.8 Å². The van der Waals surface area contributed by atoms with Crippen molar-refractivity contribution in [2.75, 3.05) is 26.7 Å². The van der Waals surface area contributed by atoms with Crippen LogP contribution in [0.15, 0.2) is 24.3 Å². The first-order valence-electron chi connectivity index (χ1n) is 4.96. The average molecular weight is 226 g/mol. The van der Waals surface area contributed by atoms with Crippen molar-refractivity contribution in [3.8, 4) is 0 Å². The van der Waals surface area contributed by atoms with E-state index in [4.69, 9.17) is 0 Å². The van der Waals surface area contributed by atoms with E-state index in [1.807, 2.05) is 0 Å². The van der Waals surface area contributed by atoms with E-state index in [2.05, 4.69) is 50.9 Å². The summed E-state index contributed by atoms with van der Waals surface area (Å²) in [6.45, 7) is 9.42. The van der Waals surface area contributed by atoms with E-state index in [0.717, 1.165) is 0 Å². The Kier molecular flexibility index (Phi) is 5.07. The Bertz CT molecular complexity index is 250. The van der Waals surface area contributed by atoms with Gasteiger partial charge < -0.3 is 0 Å². The van der Waals surface area contributed by atoms with Crippen molar-refractivity contribution in [3.63, 3.8) is 0 Å². The minimum Gasteiger partial charge on any atom is -0.109 e. The lowest BCUT2D eigenvalue weighted by Gasteiger charge is -2.13. The summed E-state index contributed by atoms with van der Waals surface area (Å²) in [6.07, 6.45) is 2.57. The van der Waals surface area contributed by atoms with Crippen molar-refractivity contribution in [2.45, 2.75) is 12.3 Å². The quantitative estimate of drug-likeness (QED) is 0.676. The van der Waals surface area contributed by atoms with Crippen LogP contribution in [-0.2, 0) is 12.3 Å². The van der Waals surface area contributed by atoms with Gasteiger partial charge in [0, 0.05) is 0 Å². The zero-order valence-electron chi connectivity index (χ0n) is 9.62. The molecule has 0 saturated heterocycles. The molecule has 1 aromatic rings. The molecule has 0 radical (unpaired) electrons. The summed E-state index contributed by atoms with van der Waals surface area (Å²) in [6, 6.07) is 8.95. The Morgan fingerprint density at radius 3 is 1.43 bits per heavy atom. The fraction of sp³-hybridized carbons (Fsp3) is 0.500. The molecule has 78 valence electrons. The molecule has 0 amide bonds. The van der Waals surface area contributed by atoms with E-state index < -0.39 is 0 Å². The van der Waals surface area contributed by atoms with Gasteiger partial charge >= 0.3 is 0 Å². The highest BCUT2D eigenvalue weighted by Crippen LogP contribution is 2.36. The fourth-order valence-corrected chi connectivity index (χ4v) is 3.53. The van der Waals surface area contributed by atoms with Crippen molar-refractivity contribution in [3.05, 3.63) is 35.4 Å². The van der Waals surface area contributed by atoms with Crippen molar-refractivity contribution in [1.82, 2.24) is 0 Å². The normalized spacial score (nSPS) is 11.3. The van der Waals surface area contributed by atoms with Crippen molar-refractivity contribution in [1.29, 1.82) is 0 Å². The van der Waals surface area contributed by atoms with Crippen molar-refractivity contribution < 1.29 is 0 Å². The zero-order chi connectivity index (χ0) is 10.6. The molecule has 0 bridgehead atoms. The molecule has 0 fully saturated rings. The molecule has 0 unspecified atom stereocenters. The molecule has 0 spiro atoms. The van der Waals surface area contributed by atoms with Crippen LogP contribution >= 0.6 is 15.8 Å². The smallest absolute Gasteiger partial charge is 0.00752 e. The van der Waals surface area contributed by atoms with Gasteiger partial charge in [0.2, 0.25) is 0 Å². The first-order chi connectivity index (χ1) is 6.59. The molecule has 0 nitrogen and oxygen atoms in total. The Morgan fingerprint density at radius 2 is 1.14 bits per heavy atom. The van der Waals surface area contributed by atoms with E-state index in [1.165, 1.54) is 12.3 Å². The molecule has 0 aromatic heterocycles. The molecule has 0 aliphatic rings. The van der Waals surface area contributed by atoms with Crippen LogP contribution in [0.1, 0.15) is 11.1 Å². The van der Waals surface area contributed by atoms with Gasteiger partial charge in [-0.15, -0.1) is 15.8 Å². The van der Waals surface area contributed by atoms with Gasteiger partial charge in [-0.1, -0.05) is 24.3 Å². The monoisotopic (exact) mass is 226 g/mol. The van der Waals surface area contributed by atoms with Crippen LogP contribution in [-0.4, -0.2) is 26.7 Å². The van der Waals surface area contributed by atoms with Gasteiger partial charge in [-0.3, -0.25) is 0 Å². The second kappa shape index (κ2) is 5.84. The second-order valence-electron chi connectivity index (χ2n) is 4.24. The molecule has 0 aliphatic heterocycles. The van der Waals surface area contributed by atoms with Gasteiger partial charge in [0.25, 0.3) is 0 Å². The largest absolute Gasteiger partial charge is 0.109 e. The lowest BCUT2D eigenvalue weighted by molar-refractivity contribution is 1.26. The van der Waals surface area contributed by atoms with Gasteiger partial charge in [-0.25, -0.2) is 0 Å². The molecule has 1 rings (SSSR count). The maximum Gasteiger partial charge on any atom is -0.00752 e. The van der Waals surface area contributed by atoms with Crippen LogP contribution in [0.25, 0.3) is 0 Å². The van der Waals surface area contributed by atoms with Gasteiger partial charge in [0.05, 0.1) is 0 Å². The van der Waals surface area contributed by atoms with E-state index in [0.29, 0.717) is 0 Å². The van der Waals surface area contributed by atoms with Crippen LogP contribution in [0.5, 0.6) is 0 Å². The van der Waals surface area contributed by atoms with E-state index >= 15 is 0 Å². The maximum absolute atomic E-state index is 2.35. The van der Waals surface area contributed by atoms with Gasteiger partial charge in [-0.2, -0.15) is 0 Å². The zero-order valence-corrected chi connectivity index (χ0v) is 11.4. The highest BCUT2D eigenvalue weighted by Gasteiger charge is 2.04. The summed E-state index contributed by atoms with van der Waals surface area (Å²) in [4.78, 5) is 0. The molecular formula is C12H20P2. The van der Waals surface area contributed by atoms with Crippen LogP contribution in [0.3, 0.4) is 0 Å². The highest BCUT2D eigenvalue weighted by atomic mass is 31.1. The van der Waals surface area contributed by atoms with Gasteiger partial charge in [0.15, 0.2) is 0 Å². The molecule has 1 aromatic carbocycles. The minimum absolute atomic E-state index is 0.189. The third-order valence-corrected chi connectivity index (χ3v) is 4.04. The minimum atomic E-state index is 0.189. The van der Waals surface area contributed by atoms with E-state index in [9.17, 15) is 0 Å². The van der Waals surface area contributed by atoms with Crippen LogP contribution in [0, 0.1) is 0 Å². The summed E-state index contributed by atoms with van der Waals surface area (Å²) in [5.74, 6) is 0. The first-order valence-corrected chi connectivity index (χ1v) is 9.80. The average Bonchev–Trinajstić information content (AvgIpc) is 2.06. The molecule has 0 heterocycles. The van der Waals surface area contributed by atoms with E-state index in [1.54, 1.807) is 11.1 Å². The third-order valence-electron chi connectivity index (χ3n) is 2.09. The number of rotatable bonds is 4. The van der Waals surface area contributed by atoms with E-state index in [-0.39, 0.29) is 15.8 Å². The van der Waals surface area contributed by atoms with Crippen LogP contribution in [0.4, 0.5) is 0 Å². The number of hydrogen-bond donors (Lipinski definition) is 0. The Balaban J connectivity index is 2.80. The second-order valence-corrected chi connectivity index (χ2v) is 9.20. The maximum atomic E-state index is 2.35. The molecule has 0 N–H and O–H groups in total. The molecule has 0 saturated carbocycles. The topological polar surface area (TPSA) is 0 Å². The molecule has 2 heteroatoms. The predicted octanol–water partition coefficient (Wildman–Crippen LogP) is 4.17. The lowest BCUT2D eigenvalue weighted by Crippen LogP contribution is -1.92. The Morgan fingerprint density at radius 1 is 0.786 bits per heavy atom. The molecule has 14 heavy (non-hydrogen) atoms. The summed E-state index contributed by atoms with van der Waals surface area (Å²) < 4.78 is 0. The SMILES string of the molecule is CP(C)Cc1ccccc1CP(C)C. The number of benzene rings is 1. The molecule has 0 atom stereocenters. The van der Waals surface area contributed by atoms with Crippen molar-refractivity contribution in [2.24, 2.45) is 0 Å². The highest BCUT2D eigenvalue weighted by molar-refractivity contribution is 7.55. The van der Waals surface area contributed by atoms with Gasteiger partial charge in [0.1, 0.15) is 0 Å². The molecular weight excluding hydrogens is 206 g/mol. The summed E-state index contributed by atoms with van der Waals surface area (Å²) in [5, 5.41) is 0. The Hall–Kier alpha value is 0.0800. The lowest BCUT2D eigenvalue weighted by atomic mass is 10.1. The summed E-state index contributed by atoms with van der Waals surface area (Å²) in [7, 11) is 0.379. The van der Waals surface area contributed by atoms with Crippen LogP contribution in [0.2, 0.25) is 0 Å². The fourth-order valence-electron chi connectivity index (χ4n) is 1.55. The first kappa shape index (κ1) is 12.2. The molecule has 0 aliphatic carbocycles. The predicted molar refractivity (Wildman–Crippen MR) is 71.4 cm³/mol.